The Morgan fingerprint density at radius 1 is 1.52 bits per heavy atom. The molecule has 21 heavy (non-hydrogen) atoms. The van der Waals surface area contributed by atoms with E-state index in [2.05, 4.69) is 15.9 Å². The number of carbonyl (C=O) groups excluding carboxylic acids is 1. The Hall–Kier alpha value is -0.430. The molecule has 6 heteroatoms. The molecule has 1 aromatic rings. The van der Waals surface area contributed by atoms with Gasteiger partial charge in [-0.1, -0.05) is 0 Å². The first-order chi connectivity index (χ1) is 10.1. The topological polar surface area (TPSA) is 55.6 Å². The number of hydrogen-bond donors (Lipinski definition) is 1. The van der Waals surface area contributed by atoms with E-state index >= 15 is 0 Å². The monoisotopic (exact) mass is 374 g/mol. The molecule has 2 rings (SSSR count). The summed E-state index contributed by atoms with van der Waals surface area (Å²) in [6.45, 7) is 4.98. The number of nitrogens with zero attached hydrogens (tertiary/aromatic N) is 1. The molecule has 1 fully saturated rings. The SMILES string of the molecule is CC(C(=O)N1CCC(OCCCN)CC1)c1ccc(Br)s1. The Bertz CT molecular complexity index is 458. The molecule has 118 valence electrons. The molecule has 1 aliphatic heterocycles. The molecule has 0 aromatic carbocycles. The van der Waals surface area contributed by atoms with Crippen LogP contribution < -0.4 is 5.73 Å². The lowest BCUT2D eigenvalue weighted by Gasteiger charge is -2.33. The van der Waals surface area contributed by atoms with E-state index in [1.54, 1.807) is 11.3 Å². The van der Waals surface area contributed by atoms with Crippen LogP contribution >= 0.6 is 27.3 Å². The van der Waals surface area contributed by atoms with Gasteiger partial charge in [0.25, 0.3) is 0 Å². The molecular formula is C15H23BrN2O2S. The number of carbonyl (C=O) groups is 1. The van der Waals surface area contributed by atoms with Gasteiger partial charge in [-0.25, -0.2) is 0 Å². The van der Waals surface area contributed by atoms with E-state index in [-0.39, 0.29) is 17.9 Å². The number of rotatable bonds is 6. The van der Waals surface area contributed by atoms with Crippen molar-refractivity contribution in [3.05, 3.63) is 20.8 Å². The summed E-state index contributed by atoms with van der Waals surface area (Å²) in [5, 5.41) is 0. The van der Waals surface area contributed by atoms with Crippen LogP contribution in [0.5, 0.6) is 0 Å². The lowest BCUT2D eigenvalue weighted by molar-refractivity contribution is -0.135. The van der Waals surface area contributed by atoms with Gasteiger partial charge in [0.15, 0.2) is 0 Å². The second kappa shape index (κ2) is 8.27. The van der Waals surface area contributed by atoms with Crippen LogP contribution in [0.25, 0.3) is 0 Å². The van der Waals surface area contributed by atoms with E-state index in [0.717, 1.165) is 47.6 Å². The van der Waals surface area contributed by atoms with Crippen molar-refractivity contribution in [3.8, 4) is 0 Å². The fourth-order valence-corrected chi connectivity index (χ4v) is 4.00. The van der Waals surface area contributed by atoms with Crippen molar-refractivity contribution in [2.24, 2.45) is 5.73 Å². The highest BCUT2D eigenvalue weighted by molar-refractivity contribution is 9.11. The van der Waals surface area contributed by atoms with E-state index in [0.29, 0.717) is 6.54 Å². The van der Waals surface area contributed by atoms with Crippen molar-refractivity contribution < 1.29 is 9.53 Å². The third kappa shape index (κ3) is 4.77. The predicted octanol–water partition coefficient (Wildman–Crippen LogP) is 2.97. The van der Waals surface area contributed by atoms with Crippen LogP contribution in [-0.2, 0) is 9.53 Å². The Labute approximate surface area is 138 Å². The molecule has 1 atom stereocenters. The minimum atomic E-state index is -0.0593. The first kappa shape index (κ1) is 16.9. The lowest BCUT2D eigenvalue weighted by Crippen LogP contribution is -2.42. The van der Waals surface area contributed by atoms with Crippen LogP contribution in [0, 0.1) is 0 Å². The van der Waals surface area contributed by atoms with Crippen LogP contribution in [0.4, 0.5) is 0 Å². The molecule has 0 aliphatic carbocycles. The molecule has 0 saturated carbocycles. The number of nitrogens with two attached hydrogens (primary N) is 1. The number of piperidine rings is 1. The molecule has 2 N–H and O–H groups in total. The van der Waals surface area contributed by atoms with Gasteiger partial charge < -0.3 is 15.4 Å². The van der Waals surface area contributed by atoms with E-state index in [4.69, 9.17) is 10.5 Å². The van der Waals surface area contributed by atoms with Crippen molar-refractivity contribution >= 4 is 33.2 Å². The van der Waals surface area contributed by atoms with Gasteiger partial charge in [0.2, 0.25) is 5.91 Å². The van der Waals surface area contributed by atoms with E-state index in [1.807, 2.05) is 24.0 Å². The molecule has 0 radical (unpaired) electrons. The summed E-state index contributed by atoms with van der Waals surface area (Å²) >= 11 is 5.09. The quantitative estimate of drug-likeness (QED) is 0.778. The molecule has 2 heterocycles. The summed E-state index contributed by atoms with van der Waals surface area (Å²) in [4.78, 5) is 15.6. The highest BCUT2D eigenvalue weighted by atomic mass is 79.9. The van der Waals surface area contributed by atoms with Gasteiger partial charge in [-0.15, -0.1) is 11.3 Å². The van der Waals surface area contributed by atoms with Crippen LogP contribution in [0.1, 0.15) is 37.0 Å². The zero-order valence-electron chi connectivity index (χ0n) is 12.4. The largest absolute Gasteiger partial charge is 0.378 e. The third-order valence-electron chi connectivity index (χ3n) is 3.85. The van der Waals surface area contributed by atoms with Gasteiger partial charge >= 0.3 is 0 Å². The second-order valence-electron chi connectivity index (χ2n) is 5.40. The molecule has 1 aromatic heterocycles. The zero-order valence-corrected chi connectivity index (χ0v) is 14.8. The van der Waals surface area contributed by atoms with Gasteiger partial charge in [0.05, 0.1) is 15.8 Å². The molecule has 4 nitrogen and oxygen atoms in total. The maximum Gasteiger partial charge on any atom is 0.230 e. The highest BCUT2D eigenvalue weighted by Crippen LogP contribution is 2.30. The predicted molar refractivity (Wildman–Crippen MR) is 89.7 cm³/mol. The summed E-state index contributed by atoms with van der Waals surface area (Å²) < 4.78 is 6.85. The number of ether oxygens (including phenoxy) is 1. The molecular weight excluding hydrogens is 352 g/mol. The van der Waals surface area contributed by atoms with Crippen molar-refractivity contribution in [2.75, 3.05) is 26.2 Å². The molecule has 1 aliphatic rings. The fraction of sp³-hybridized carbons (Fsp3) is 0.667. The fourth-order valence-electron chi connectivity index (χ4n) is 2.53. The molecule has 1 amide bonds. The van der Waals surface area contributed by atoms with Crippen molar-refractivity contribution in [1.29, 1.82) is 0 Å². The van der Waals surface area contributed by atoms with E-state index < -0.39 is 0 Å². The van der Waals surface area contributed by atoms with Gasteiger partial charge in [0.1, 0.15) is 0 Å². The second-order valence-corrected chi connectivity index (χ2v) is 7.90. The van der Waals surface area contributed by atoms with Gasteiger partial charge in [0, 0.05) is 24.6 Å². The standard InChI is InChI=1S/C15H23BrN2O2S/c1-11(13-3-4-14(16)21-13)15(19)18-8-5-12(6-9-18)20-10-2-7-17/h3-4,11-12H,2,5-10,17H2,1H3. The van der Waals surface area contributed by atoms with E-state index in [9.17, 15) is 4.79 Å². The lowest BCUT2D eigenvalue weighted by atomic mass is 10.0. The summed E-state index contributed by atoms with van der Waals surface area (Å²) in [5.74, 6) is 0.167. The Morgan fingerprint density at radius 2 is 2.24 bits per heavy atom. The van der Waals surface area contributed by atoms with Crippen LogP contribution in [0.15, 0.2) is 15.9 Å². The normalized spacial score (nSPS) is 18.0. The number of thiophene rings is 1. The van der Waals surface area contributed by atoms with Gasteiger partial charge in [-0.3, -0.25) is 4.79 Å². The van der Waals surface area contributed by atoms with Gasteiger partial charge in [-0.2, -0.15) is 0 Å². The van der Waals surface area contributed by atoms with Crippen molar-refractivity contribution in [2.45, 2.75) is 38.2 Å². The average Bonchev–Trinajstić information content (AvgIpc) is 2.93. The third-order valence-corrected chi connectivity index (χ3v) is 5.65. The Balaban J connectivity index is 1.80. The molecule has 0 bridgehead atoms. The average molecular weight is 375 g/mol. The zero-order chi connectivity index (χ0) is 15.2. The maximum atomic E-state index is 12.5. The summed E-state index contributed by atoms with van der Waals surface area (Å²) in [6, 6.07) is 4.03. The minimum absolute atomic E-state index is 0.0593. The number of halogens is 1. The minimum Gasteiger partial charge on any atom is -0.378 e. The molecule has 0 spiro atoms. The van der Waals surface area contributed by atoms with Crippen LogP contribution in [0.2, 0.25) is 0 Å². The van der Waals surface area contributed by atoms with Crippen LogP contribution in [0.3, 0.4) is 0 Å². The maximum absolute atomic E-state index is 12.5. The first-order valence-corrected chi connectivity index (χ1v) is 9.08. The van der Waals surface area contributed by atoms with Gasteiger partial charge in [-0.05, 0) is 60.8 Å². The first-order valence-electron chi connectivity index (χ1n) is 7.47. The summed E-state index contributed by atoms with van der Waals surface area (Å²) in [5.41, 5.74) is 5.46. The van der Waals surface area contributed by atoms with Crippen molar-refractivity contribution in [1.82, 2.24) is 4.90 Å². The highest BCUT2D eigenvalue weighted by Gasteiger charge is 2.27. The molecule has 1 saturated heterocycles. The number of amides is 1. The number of likely N-dealkylation sites (tertiary alicyclic amines) is 1. The Morgan fingerprint density at radius 3 is 2.81 bits per heavy atom. The smallest absolute Gasteiger partial charge is 0.230 e. The Kier molecular flexibility index (Phi) is 6.67. The van der Waals surface area contributed by atoms with E-state index in [1.165, 1.54) is 0 Å². The summed E-state index contributed by atoms with van der Waals surface area (Å²) in [7, 11) is 0. The van der Waals surface area contributed by atoms with Crippen molar-refractivity contribution in [3.63, 3.8) is 0 Å². The molecule has 1 unspecified atom stereocenters. The number of hydrogen-bond acceptors (Lipinski definition) is 4. The van der Waals surface area contributed by atoms with Crippen LogP contribution in [-0.4, -0.2) is 43.2 Å². The summed E-state index contributed by atoms with van der Waals surface area (Å²) in [6.07, 6.45) is 3.05.